The summed E-state index contributed by atoms with van der Waals surface area (Å²) in [5.41, 5.74) is 1.07. The van der Waals surface area contributed by atoms with Crippen LogP contribution in [0.4, 0.5) is 4.79 Å². The first kappa shape index (κ1) is 14.4. The Labute approximate surface area is 118 Å². The van der Waals surface area contributed by atoms with Crippen LogP contribution >= 0.6 is 0 Å². The third-order valence-corrected chi connectivity index (χ3v) is 3.72. The first-order valence-corrected chi connectivity index (χ1v) is 6.84. The second-order valence-electron chi connectivity index (χ2n) is 5.34. The zero-order valence-electron chi connectivity index (χ0n) is 11.6. The molecule has 1 aromatic rings. The van der Waals surface area contributed by atoms with E-state index in [2.05, 4.69) is 5.32 Å². The van der Waals surface area contributed by atoms with Crippen molar-refractivity contribution in [2.24, 2.45) is 5.92 Å². The fourth-order valence-electron chi connectivity index (χ4n) is 2.55. The Morgan fingerprint density at radius 2 is 2.00 bits per heavy atom. The monoisotopic (exact) mass is 276 g/mol. The van der Waals surface area contributed by atoms with Crippen LogP contribution in [0, 0.1) is 5.92 Å². The molecule has 2 amide bonds. The van der Waals surface area contributed by atoms with E-state index >= 15 is 0 Å². The van der Waals surface area contributed by atoms with Crippen LogP contribution in [0.15, 0.2) is 30.3 Å². The molecule has 2 atom stereocenters. The summed E-state index contributed by atoms with van der Waals surface area (Å²) in [5, 5.41) is 11.9. The molecule has 108 valence electrons. The highest BCUT2D eigenvalue weighted by atomic mass is 16.4. The highest BCUT2D eigenvalue weighted by molar-refractivity contribution is 5.75. The van der Waals surface area contributed by atoms with Crippen molar-refractivity contribution in [2.75, 3.05) is 7.05 Å². The predicted octanol–water partition coefficient (Wildman–Crippen LogP) is 2.08. The fourth-order valence-corrected chi connectivity index (χ4v) is 2.55. The summed E-state index contributed by atoms with van der Waals surface area (Å²) in [6.07, 6.45) is 1.91. The molecular weight excluding hydrogens is 256 g/mol. The number of benzene rings is 1. The van der Waals surface area contributed by atoms with E-state index in [0.29, 0.717) is 19.4 Å². The maximum Gasteiger partial charge on any atom is 0.317 e. The van der Waals surface area contributed by atoms with E-state index in [0.717, 1.165) is 12.0 Å². The molecule has 0 radical (unpaired) electrons. The van der Waals surface area contributed by atoms with Gasteiger partial charge in [0.1, 0.15) is 0 Å². The highest BCUT2D eigenvalue weighted by Gasteiger charge is 2.30. The number of aliphatic carboxylic acids is 1. The largest absolute Gasteiger partial charge is 0.481 e. The zero-order valence-corrected chi connectivity index (χ0v) is 11.6. The van der Waals surface area contributed by atoms with Crippen molar-refractivity contribution in [1.82, 2.24) is 10.2 Å². The lowest BCUT2D eigenvalue weighted by atomic mass is 10.1. The Balaban J connectivity index is 1.81. The molecule has 1 fully saturated rings. The molecule has 1 aromatic carbocycles. The van der Waals surface area contributed by atoms with Crippen LogP contribution < -0.4 is 5.32 Å². The number of carbonyl (C=O) groups is 2. The molecule has 1 saturated carbocycles. The van der Waals surface area contributed by atoms with Gasteiger partial charge in [-0.1, -0.05) is 30.3 Å². The molecule has 2 rings (SSSR count). The predicted molar refractivity (Wildman–Crippen MR) is 75.2 cm³/mol. The van der Waals surface area contributed by atoms with Gasteiger partial charge in [-0.3, -0.25) is 4.79 Å². The molecule has 0 spiro atoms. The third-order valence-electron chi connectivity index (χ3n) is 3.72. The van der Waals surface area contributed by atoms with Gasteiger partial charge in [0.25, 0.3) is 0 Å². The molecular formula is C15H20N2O3. The molecule has 2 unspecified atom stereocenters. The van der Waals surface area contributed by atoms with Crippen molar-refractivity contribution >= 4 is 12.0 Å². The number of carboxylic acids is 1. The van der Waals surface area contributed by atoms with Crippen LogP contribution in [-0.4, -0.2) is 35.1 Å². The van der Waals surface area contributed by atoms with E-state index < -0.39 is 5.97 Å². The Morgan fingerprint density at radius 3 is 2.60 bits per heavy atom. The van der Waals surface area contributed by atoms with Crippen molar-refractivity contribution in [3.63, 3.8) is 0 Å². The van der Waals surface area contributed by atoms with Crippen molar-refractivity contribution in [3.8, 4) is 0 Å². The fraction of sp³-hybridized carbons (Fsp3) is 0.467. The zero-order chi connectivity index (χ0) is 14.5. The number of hydrogen-bond donors (Lipinski definition) is 2. The maximum absolute atomic E-state index is 12.0. The highest BCUT2D eigenvalue weighted by Crippen LogP contribution is 2.25. The van der Waals surface area contributed by atoms with Crippen LogP contribution in [0.5, 0.6) is 0 Å². The summed E-state index contributed by atoms with van der Waals surface area (Å²) in [6.45, 7) is 0.543. The number of carboxylic acid groups (broad SMARTS) is 1. The molecule has 0 heterocycles. The maximum atomic E-state index is 12.0. The lowest BCUT2D eigenvalue weighted by molar-refractivity contribution is -0.141. The van der Waals surface area contributed by atoms with E-state index in [1.165, 1.54) is 0 Å². The van der Waals surface area contributed by atoms with Crippen molar-refractivity contribution in [3.05, 3.63) is 35.9 Å². The quantitative estimate of drug-likeness (QED) is 0.884. The number of nitrogens with zero attached hydrogens (tertiary/aromatic N) is 1. The number of amides is 2. The topological polar surface area (TPSA) is 69.6 Å². The summed E-state index contributed by atoms with van der Waals surface area (Å²) in [5.74, 6) is -1.08. The van der Waals surface area contributed by atoms with Crippen LogP contribution in [-0.2, 0) is 11.3 Å². The van der Waals surface area contributed by atoms with E-state index in [4.69, 9.17) is 5.11 Å². The van der Waals surface area contributed by atoms with Crippen LogP contribution in [0.1, 0.15) is 24.8 Å². The van der Waals surface area contributed by atoms with Crippen molar-refractivity contribution in [1.29, 1.82) is 0 Å². The average Bonchev–Trinajstić information content (AvgIpc) is 2.88. The van der Waals surface area contributed by atoms with Gasteiger partial charge in [0.15, 0.2) is 0 Å². The van der Waals surface area contributed by atoms with Gasteiger partial charge < -0.3 is 15.3 Å². The Hall–Kier alpha value is -2.04. The smallest absolute Gasteiger partial charge is 0.317 e. The van der Waals surface area contributed by atoms with Crippen LogP contribution in [0.3, 0.4) is 0 Å². The molecule has 20 heavy (non-hydrogen) atoms. The van der Waals surface area contributed by atoms with Crippen LogP contribution in [0.25, 0.3) is 0 Å². The van der Waals surface area contributed by atoms with E-state index in [1.54, 1.807) is 11.9 Å². The first-order chi connectivity index (χ1) is 9.56. The van der Waals surface area contributed by atoms with Gasteiger partial charge in [-0.2, -0.15) is 0 Å². The first-order valence-electron chi connectivity index (χ1n) is 6.84. The van der Waals surface area contributed by atoms with E-state index in [1.807, 2.05) is 30.3 Å². The average molecular weight is 276 g/mol. The summed E-state index contributed by atoms with van der Waals surface area (Å²) in [7, 11) is 1.74. The number of carbonyl (C=O) groups excluding carboxylic acids is 1. The molecule has 5 nitrogen and oxygen atoms in total. The Kier molecular flexibility index (Phi) is 4.61. The van der Waals surface area contributed by atoms with Gasteiger partial charge in [-0.25, -0.2) is 4.79 Å². The molecule has 0 bridgehead atoms. The third kappa shape index (κ3) is 3.73. The van der Waals surface area contributed by atoms with Crippen LogP contribution in [0.2, 0.25) is 0 Å². The molecule has 2 N–H and O–H groups in total. The lowest BCUT2D eigenvalue weighted by Gasteiger charge is -2.21. The van der Waals surface area contributed by atoms with Gasteiger partial charge in [0, 0.05) is 19.6 Å². The summed E-state index contributed by atoms with van der Waals surface area (Å²) in [4.78, 5) is 24.5. The van der Waals surface area contributed by atoms with Gasteiger partial charge in [-0.15, -0.1) is 0 Å². The number of urea groups is 1. The second kappa shape index (κ2) is 6.41. The number of rotatable bonds is 4. The molecule has 1 aliphatic rings. The Bertz CT molecular complexity index is 475. The van der Waals surface area contributed by atoms with E-state index in [-0.39, 0.29) is 18.0 Å². The molecule has 1 aliphatic carbocycles. The van der Waals surface area contributed by atoms with Crippen molar-refractivity contribution in [2.45, 2.75) is 31.8 Å². The van der Waals surface area contributed by atoms with Crippen molar-refractivity contribution < 1.29 is 14.7 Å². The SMILES string of the molecule is CN(Cc1ccccc1)C(=O)NC1CCC(C(=O)O)C1. The normalized spacial score (nSPS) is 21.4. The second-order valence-corrected chi connectivity index (χ2v) is 5.34. The van der Waals surface area contributed by atoms with E-state index in [9.17, 15) is 9.59 Å². The summed E-state index contributed by atoms with van der Waals surface area (Å²) >= 11 is 0. The summed E-state index contributed by atoms with van der Waals surface area (Å²) < 4.78 is 0. The van der Waals surface area contributed by atoms with Gasteiger partial charge in [-0.05, 0) is 24.8 Å². The van der Waals surface area contributed by atoms with Gasteiger partial charge in [0.2, 0.25) is 0 Å². The molecule has 0 saturated heterocycles. The standard InChI is InChI=1S/C15H20N2O3/c1-17(10-11-5-3-2-4-6-11)15(20)16-13-8-7-12(9-13)14(18)19/h2-6,12-13H,7-10H2,1H3,(H,16,20)(H,18,19). The molecule has 0 aliphatic heterocycles. The van der Waals surface area contributed by atoms with Gasteiger partial charge in [0.05, 0.1) is 5.92 Å². The molecule has 5 heteroatoms. The minimum atomic E-state index is -0.764. The number of nitrogens with one attached hydrogen (secondary N) is 1. The lowest BCUT2D eigenvalue weighted by Crippen LogP contribution is -2.41. The summed E-state index contributed by atoms with van der Waals surface area (Å²) in [6, 6.07) is 9.59. The minimum absolute atomic E-state index is 0.0261. The Morgan fingerprint density at radius 1 is 1.30 bits per heavy atom. The van der Waals surface area contributed by atoms with Gasteiger partial charge >= 0.3 is 12.0 Å². The number of hydrogen-bond acceptors (Lipinski definition) is 2. The minimum Gasteiger partial charge on any atom is -0.481 e. The molecule has 0 aromatic heterocycles.